The molecule has 3 heterocycles. The molecule has 1 saturated heterocycles. The van der Waals surface area contributed by atoms with Crippen molar-refractivity contribution in [2.45, 2.75) is 12.8 Å². The van der Waals surface area contributed by atoms with Crippen LogP contribution in [0.15, 0.2) is 65.6 Å². The SMILES string of the molecule is O=C(Nc1cccc(Oc2ccnc3[nH]c(=O)[nH]c23)c1)c1cccc(N2CCCC2)c1. The zero-order valence-corrected chi connectivity index (χ0v) is 16.7. The number of benzene rings is 2. The van der Waals surface area contributed by atoms with Gasteiger partial charge in [-0.15, -0.1) is 0 Å². The Labute approximate surface area is 177 Å². The molecule has 0 unspecified atom stereocenters. The standard InChI is InChI=1S/C23H21N5O3/c29-22(15-5-3-7-17(13-15)28-11-1-2-12-28)25-16-6-4-8-18(14-16)31-19-9-10-24-21-20(19)26-23(30)27-21/h3-10,13-14H,1-2,11-12H2,(H,25,29)(H2,24,26,27,30). The van der Waals surface area contributed by atoms with E-state index in [4.69, 9.17) is 4.74 Å². The van der Waals surface area contributed by atoms with Crippen LogP contribution < -0.4 is 20.6 Å². The molecule has 156 valence electrons. The van der Waals surface area contributed by atoms with Crippen molar-refractivity contribution in [1.29, 1.82) is 0 Å². The number of nitrogens with zero attached hydrogens (tertiary/aromatic N) is 2. The summed E-state index contributed by atoms with van der Waals surface area (Å²) in [6.45, 7) is 2.05. The summed E-state index contributed by atoms with van der Waals surface area (Å²) in [5.74, 6) is 0.808. The van der Waals surface area contributed by atoms with Crippen molar-refractivity contribution >= 4 is 28.4 Å². The van der Waals surface area contributed by atoms with Crippen molar-refractivity contribution in [3.63, 3.8) is 0 Å². The van der Waals surface area contributed by atoms with Gasteiger partial charge in [0.1, 0.15) is 11.3 Å². The maximum absolute atomic E-state index is 12.8. The van der Waals surface area contributed by atoms with Crippen LogP contribution >= 0.6 is 0 Å². The van der Waals surface area contributed by atoms with Gasteiger partial charge < -0.3 is 19.9 Å². The lowest BCUT2D eigenvalue weighted by molar-refractivity contribution is 0.102. The lowest BCUT2D eigenvalue weighted by Gasteiger charge is -2.18. The van der Waals surface area contributed by atoms with Gasteiger partial charge in [-0.1, -0.05) is 12.1 Å². The van der Waals surface area contributed by atoms with E-state index >= 15 is 0 Å². The van der Waals surface area contributed by atoms with E-state index in [0.717, 1.165) is 18.8 Å². The van der Waals surface area contributed by atoms with Gasteiger partial charge in [0.2, 0.25) is 0 Å². The van der Waals surface area contributed by atoms with Crippen molar-refractivity contribution in [2.75, 3.05) is 23.3 Å². The topological polar surface area (TPSA) is 103 Å². The monoisotopic (exact) mass is 415 g/mol. The van der Waals surface area contributed by atoms with Crippen LogP contribution in [-0.4, -0.2) is 33.9 Å². The number of pyridine rings is 1. The molecule has 5 rings (SSSR count). The van der Waals surface area contributed by atoms with E-state index in [1.54, 1.807) is 36.5 Å². The first-order valence-corrected chi connectivity index (χ1v) is 10.2. The molecular weight excluding hydrogens is 394 g/mol. The second kappa shape index (κ2) is 7.98. The summed E-state index contributed by atoms with van der Waals surface area (Å²) in [7, 11) is 0. The van der Waals surface area contributed by atoms with E-state index in [1.165, 1.54) is 12.8 Å². The van der Waals surface area contributed by atoms with Gasteiger partial charge in [-0.25, -0.2) is 9.78 Å². The molecule has 0 bridgehead atoms. The minimum absolute atomic E-state index is 0.181. The fraction of sp³-hybridized carbons (Fsp3) is 0.174. The Morgan fingerprint density at radius 3 is 2.74 bits per heavy atom. The number of fused-ring (bicyclic) bond motifs is 1. The average Bonchev–Trinajstić information content (AvgIpc) is 3.44. The second-order valence-electron chi connectivity index (χ2n) is 7.44. The van der Waals surface area contributed by atoms with Gasteiger partial charge in [0, 0.05) is 48.4 Å². The number of imidazole rings is 1. The van der Waals surface area contributed by atoms with Crippen LogP contribution in [0.25, 0.3) is 11.2 Å². The van der Waals surface area contributed by atoms with E-state index in [9.17, 15) is 9.59 Å². The number of rotatable bonds is 5. The molecule has 8 heteroatoms. The highest BCUT2D eigenvalue weighted by Gasteiger charge is 2.15. The van der Waals surface area contributed by atoms with Crippen LogP contribution in [0.4, 0.5) is 11.4 Å². The number of carbonyl (C=O) groups is 1. The highest BCUT2D eigenvalue weighted by molar-refractivity contribution is 6.04. The Bertz CT molecular complexity index is 1300. The average molecular weight is 415 g/mol. The third kappa shape index (κ3) is 4.00. The first-order valence-electron chi connectivity index (χ1n) is 10.2. The summed E-state index contributed by atoms with van der Waals surface area (Å²) in [6, 6.07) is 16.5. The summed E-state index contributed by atoms with van der Waals surface area (Å²) < 4.78 is 5.93. The third-order valence-corrected chi connectivity index (χ3v) is 5.28. The molecule has 1 aliphatic rings. The van der Waals surface area contributed by atoms with Crippen molar-refractivity contribution < 1.29 is 9.53 Å². The van der Waals surface area contributed by atoms with Gasteiger partial charge >= 0.3 is 5.69 Å². The lowest BCUT2D eigenvalue weighted by atomic mass is 10.1. The fourth-order valence-corrected chi connectivity index (χ4v) is 3.78. The Morgan fingerprint density at radius 1 is 1.03 bits per heavy atom. The largest absolute Gasteiger partial charge is 0.455 e. The van der Waals surface area contributed by atoms with Crippen molar-refractivity contribution in [1.82, 2.24) is 15.0 Å². The van der Waals surface area contributed by atoms with Crippen LogP contribution in [0, 0.1) is 0 Å². The molecule has 1 aliphatic heterocycles. The first-order chi connectivity index (χ1) is 15.2. The van der Waals surface area contributed by atoms with Crippen LogP contribution in [0.3, 0.4) is 0 Å². The van der Waals surface area contributed by atoms with E-state index < -0.39 is 0 Å². The number of amides is 1. The Balaban J connectivity index is 1.34. The molecule has 2 aromatic carbocycles. The highest BCUT2D eigenvalue weighted by atomic mass is 16.5. The van der Waals surface area contributed by atoms with Crippen molar-refractivity contribution in [3.05, 3.63) is 76.8 Å². The molecule has 0 radical (unpaired) electrons. The highest BCUT2D eigenvalue weighted by Crippen LogP contribution is 2.28. The Kier molecular flexibility index (Phi) is 4.87. The van der Waals surface area contributed by atoms with Crippen LogP contribution in [0.5, 0.6) is 11.5 Å². The van der Waals surface area contributed by atoms with Gasteiger partial charge in [0.15, 0.2) is 11.4 Å². The second-order valence-corrected chi connectivity index (χ2v) is 7.44. The van der Waals surface area contributed by atoms with Gasteiger partial charge in [-0.05, 0) is 43.2 Å². The molecule has 8 nitrogen and oxygen atoms in total. The number of ether oxygens (including phenoxy) is 1. The fourth-order valence-electron chi connectivity index (χ4n) is 3.78. The van der Waals surface area contributed by atoms with Crippen molar-refractivity contribution in [2.24, 2.45) is 0 Å². The summed E-state index contributed by atoms with van der Waals surface area (Å²) in [4.78, 5) is 36.0. The number of aromatic nitrogens is 3. The number of anilines is 2. The molecule has 0 aliphatic carbocycles. The zero-order chi connectivity index (χ0) is 21.2. The van der Waals surface area contributed by atoms with E-state index in [1.807, 2.05) is 24.3 Å². The Hall–Kier alpha value is -4.07. The maximum Gasteiger partial charge on any atom is 0.325 e. The number of hydrogen-bond donors (Lipinski definition) is 3. The molecular formula is C23H21N5O3. The maximum atomic E-state index is 12.8. The Morgan fingerprint density at radius 2 is 1.87 bits per heavy atom. The number of nitrogens with one attached hydrogen (secondary N) is 3. The molecule has 31 heavy (non-hydrogen) atoms. The molecule has 3 N–H and O–H groups in total. The smallest absolute Gasteiger partial charge is 0.325 e. The number of H-pyrrole nitrogens is 2. The van der Waals surface area contributed by atoms with Gasteiger partial charge in [0.25, 0.3) is 5.91 Å². The summed E-state index contributed by atoms with van der Waals surface area (Å²) in [5, 5.41) is 2.93. The molecule has 4 aromatic rings. The summed E-state index contributed by atoms with van der Waals surface area (Å²) in [5.41, 5.74) is 2.85. The van der Waals surface area contributed by atoms with Gasteiger partial charge in [0.05, 0.1) is 0 Å². The minimum Gasteiger partial charge on any atom is -0.455 e. The van der Waals surface area contributed by atoms with E-state index in [0.29, 0.717) is 33.9 Å². The first kappa shape index (κ1) is 18.9. The quantitative estimate of drug-likeness (QED) is 0.459. The van der Waals surface area contributed by atoms with Gasteiger partial charge in [-0.3, -0.25) is 9.78 Å². The zero-order valence-electron chi connectivity index (χ0n) is 16.7. The lowest BCUT2D eigenvalue weighted by Crippen LogP contribution is -2.18. The van der Waals surface area contributed by atoms with Crippen LogP contribution in [-0.2, 0) is 0 Å². The summed E-state index contributed by atoms with van der Waals surface area (Å²) in [6.07, 6.45) is 3.92. The molecule has 2 aromatic heterocycles. The number of carbonyl (C=O) groups excluding carboxylic acids is 1. The number of aromatic amines is 2. The van der Waals surface area contributed by atoms with Gasteiger partial charge in [-0.2, -0.15) is 0 Å². The molecule has 0 spiro atoms. The molecule has 1 fully saturated rings. The summed E-state index contributed by atoms with van der Waals surface area (Å²) >= 11 is 0. The molecule has 0 saturated carbocycles. The van der Waals surface area contributed by atoms with E-state index in [-0.39, 0.29) is 11.6 Å². The predicted molar refractivity (Wildman–Crippen MR) is 119 cm³/mol. The molecule has 0 atom stereocenters. The van der Waals surface area contributed by atoms with E-state index in [2.05, 4.69) is 25.2 Å². The van der Waals surface area contributed by atoms with Crippen molar-refractivity contribution in [3.8, 4) is 11.5 Å². The minimum atomic E-state index is -0.351. The molecule has 1 amide bonds. The third-order valence-electron chi connectivity index (χ3n) is 5.28. The normalized spacial score (nSPS) is 13.5. The number of hydrogen-bond acceptors (Lipinski definition) is 5. The van der Waals surface area contributed by atoms with Crippen LogP contribution in [0.1, 0.15) is 23.2 Å². The predicted octanol–water partition coefficient (Wildman–Crippen LogP) is 3.90. The van der Waals surface area contributed by atoms with Crippen LogP contribution in [0.2, 0.25) is 0 Å².